The summed E-state index contributed by atoms with van der Waals surface area (Å²) >= 11 is 0. The van der Waals surface area contributed by atoms with Gasteiger partial charge in [0.25, 0.3) is 0 Å². The molecule has 0 radical (unpaired) electrons. The van der Waals surface area contributed by atoms with Gasteiger partial charge in [0.05, 0.1) is 24.3 Å². The molecular weight excluding hydrogens is 384 g/mol. The van der Waals surface area contributed by atoms with E-state index in [-0.39, 0.29) is 36.1 Å². The number of aliphatic hydroxyl groups excluding tert-OH is 2. The largest absolute Gasteiger partial charge is 0.395 e. The van der Waals surface area contributed by atoms with Gasteiger partial charge in [0, 0.05) is 50.3 Å². The number of hydrogen-bond acceptors (Lipinski definition) is 6. The standard InChI is InChI=1S/C22H42N4O4/c1-19(2)15-23(17(29)21(5,6)25(19)11-13-27)9-10-24-16-20(3,4)26(12-14-28)22(7,8)18(24)30/h27-28H,9-16H2,1-8H3. The van der Waals surface area contributed by atoms with E-state index >= 15 is 0 Å². The van der Waals surface area contributed by atoms with Gasteiger partial charge < -0.3 is 20.0 Å². The first kappa shape index (κ1) is 25.0. The Hall–Kier alpha value is -1.22. The van der Waals surface area contributed by atoms with Crippen molar-refractivity contribution in [2.24, 2.45) is 0 Å². The summed E-state index contributed by atoms with van der Waals surface area (Å²) in [4.78, 5) is 34.3. The molecule has 8 heteroatoms. The second-order valence-electron chi connectivity index (χ2n) is 10.9. The molecule has 0 atom stereocenters. The Kier molecular flexibility index (Phi) is 6.99. The maximum absolute atomic E-state index is 13.2. The summed E-state index contributed by atoms with van der Waals surface area (Å²) in [6.07, 6.45) is 0. The first-order valence-electron chi connectivity index (χ1n) is 11.0. The summed E-state index contributed by atoms with van der Waals surface area (Å²) in [6.45, 7) is 19.0. The number of aliphatic hydroxyl groups is 2. The Morgan fingerprint density at radius 2 is 0.933 bits per heavy atom. The second kappa shape index (κ2) is 8.37. The maximum Gasteiger partial charge on any atom is 0.242 e. The van der Waals surface area contributed by atoms with Crippen LogP contribution in [0.2, 0.25) is 0 Å². The number of β-amino-alcohol motifs (C(OH)–C–C–N with tert-alkyl or cyclic N) is 2. The predicted molar refractivity (Wildman–Crippen MR) is 117 cm³/mol. The van der Waals surface area contributed by atoms with Crippen LogP contribution in [0.25, 0.3) is 0 Å². The van der Waals surface area contributed by atoms with Crippen molar-refractivity contribution in [2.45, 2.75) is 77.5 Å². The predicted octanol–water partition coefficient (Wildman–Crippen LogP) is 0.374. The molecule has 0 bridgehead atoms. The van der Waals surface area contributed by atoms with E-state index in [0.29, 0.717) is 39.3 Å². The van der Waals surface area contributed by atoms with Crippen molar-refractivity contribution < 1.29 is 19.8 Å². The number of piperazine rings is 2. The molecule has 2 N–H and O–H groups in total. The molecule has 2 amide bonds. The van der Waals surface area contributed by atoms with Gasteiger partial charge in [-0.1, -0.05) is 0 Å². The minimum Gasteiger partial charge on any atom is -0.395 e. The zero-order valence-electron chi connectivity index (χ0n) is 20.2. The van der Waals surface area contributed by atoms with Crippen LogP contribution in [-0.4, -0.2) is 116 Å². The van der Waals surface area contributed by atoms with Gasteiger partial charge in [-0.15, -0.1) is 0 Å². The number of nitrogens with zero attached hydrogens (tertiary/aromatic N) is 4. The molecule has 2 heterocycles. The minimum atomic E-state index is -0.715. The lowest BCUT2D eigenvalue weighted by atomic mass is 9.86. The molecule has 2 aliphatic heterocycles. The van der Waals surface area contributed by atoms with Crippen molar-refractivity contribution in [1.82, 2.24) is 19.6 Å². The van der Waals surface area contributed by atoms with Gasteiger partial charge in [-0.25, -0.2) is 0 Å². The van der Waals surface area contributed by atoms with Gasteiger partial charge in [-0.05, 0) is 55.4 Å². The van der Waals surface area contributed by atoms with Crippen LogP contribution >= 0.6 is 0 Å². The molecule has 0 unspecified atom stereocenters. The van der Waals surface area contributed by atoms with Crippen molar-refractivity contribution in [3.05, 3.63) is 0 Å². The van der Waals surface area contributed by atoms with Crippen LogP contribution in [0.3, 0.4) is 0 Å². The maximum atomic E-state index is 13.2. The fourth-order valence-electron chi connectivity index (χ4n) is 5.73. The first-order chi connectivity index (χ1) is 13.6. The third kappa shape index (κ3) is 4.38. The molecule has 2 rings (SSSR count). The van der Waals surface area contributed by atoms with Gasteiger partial charge in [-0.3, -0.25) is 19.4 Å². The molecule has 30 heavy (non-hydrogen) atoms. The van der Waals surface area contributed by atoms with Gasteiger partial charge in [0.2, 0.25) is 11.8 Å². The number of hydrogen-bond donors (Lipinski definition) is 2. The Bertz CT molecular complexity index is 604. The van der Waals surface area contributed by atoms with E-state index in [9.17, 15) is 19.8 Å². The van der Waals surface area contributed by atoms with Gasteiger partial charge >= 0.3 is 0 Å². The van der Waals surface area contributed by atoms with Crippen molar-refractivity contribution in [2.75, 3.05) is 52.5 Å². The molecule has 2 fully saturated rings. The zero-order chi connectivity index (χ0) is 23.1. The van der Waals surface area contributed by atoms with E-state index in [1.165, 1.54) is 0 Å². The number of amides is 2. The van der Waals surface area contributed by atoms with Crippen LogP contribution in [0.5, 0.6) is 0 Å². The Morgan fingerprint density at radius 1 is 0.633 bits per heavy atom. The second-order valence-corrected chi connectivity index (χ2v) is 10.9. The van der Waals surface area contributed by atoms with E-state index in [1.807, 2.05) is 37.5 Å². The van der Waals surface area contributed by atoms with Crippen molar-refractivity contribution >= 4 is 11.8 Å². The minimum absolute atomic E-state index is 0.0108. The summed E-state index contributed by atoms with van der Waals surface area (Å²) in [5, 5.41) is 18.9. The van der Waals surface area contributed by atoms with Gasteiger partial charge in [0.1, 0.15) is 0 Å². The average Bonchev–Trinajstić information content (AvgIpc) is 2.62. The van der Waals surface area contributed by atoms with Crippen LogP contribution in [0.4, 0.5) is 0 Å². The summed E-state index contributed by atoms with van der Waals surface area (Å²) in [6, 6.07) is 0. The van der Waals surface area contributed by atoms with Crippen LogP contribution in [0.1, 0.15) is 55.4 Å². The van der Waals surface area contributed by atoms with E-state index in [2.05, 4.69) is 37.5 Å². The summed E-state index contributed by atoms with van der Waals surface area (Å²) in [7, 11) is 0. The summed E-state index contributed by atoms with van der Waals surface area (Å²) in [5.41, 5.74) is -1.98. The highest BCUT2D eigenvalue weighted by atomic mass is 16.3. The molecule has 2 saturated heterocycles. The molecule has 174 valence electrons. The highest BCUT2D eigenvalue weighted by Crippen LogP contribution is 2.35. The highest BCUT2D eigenvalue weighted by molar-refractivity contribution is 5.88. The Labute approximate surface area is 181 Å². The van der Waals surface area contributed by atoms with Crippen molar-refractivity contribution in [3.8, 4) is 0 Å². The Balaban J connectivity index is 2.17. The number of rotatable bonds is 7. The molecule has 8 nitrogen and oxygen atoms in total. The van der Waals surface area contributed by atoms with E-state index in [4.69, 9.17) is 0 Å². The smallest absolute Gasteiger partial charge is 0.242 e. The van der Waals surface area contributed by atoms with E-state index < -0.39 is 11.1 Å². The number of carbonyl (C=O) groups excluding carboxylic acids is 2. The fraction of sp³-hybridized carbons (Fsp3) is 0.909. The molecule has 0 saturated carbocycles. The third-order valence-electron chi connectivity index (χ3n) is 6.87. The van der Waals surface area contributed by atoms with Crippen LogP contribution in [0, 0.1) is 0 Å². The van der Waals surface area contributed by atoms with Crippen LogP contribution < -0.4 is 0 Å². The Morgan fingerprint density at radius 3 is 1.20 bits per heavy atom. The van der Waals surface area contributed by atoms with Crippen molar-refractivity contribution in [1.29, 1.82) is 0 Å². The lowest BCUT2D eigenvalue weighted by Gasteiger charge is -2.57. The molecule has 0 aliphatic carbocycles. The molecular formula is C22H42N4O4. The molecule has 0 aromatic heterocycles. The molecule has 0 aromatic rings. The fourth-order valence-corrected chi connectivity index (χ4v) is 5.73. The van der Waals surface area contributed by atoms with E-state index in [0.717, 1.165) is 0 Å². The SMILES string of the molecule is CC1(C)CN(CCN2CC(C)(C)N(CCO)C(C)(C)C2=O)C(=O)C(C)(C)N1CCO. The lowest BCUT2D eigenvalue weighted by Crippen LogP contribution is -2.73. The zero-order valence-corrected chi connectivity index (χ0v) is 20.2. The molecule has 0 aromatic carbocycles. The third-order valence-corrected chi connectivity index (χ3v) is 6.87. The summed E-state index contributed by atoms with van der Waals surface area (Å²) < 4.78 is 0. The van der Waals surface area contributed by atoms with Gasteiger partial charge in [-0.2, -0.15) is 0 Å². The number of carbonyl (C=O) groups is 2. The van der Waals surface area contributed by atoms with E-state index in [1.54, 1.807) is 0 Å². The van der Waals surface area contributed by atoms with Gasteiger partial charge in [0.15, 0.2) is 0 Å². The lowest BCUT2D eigenvalue weighted by molar-refractivity contribution is -0.166. The molecule has 0 spiro atoms. The highest BCUT2D eigenvalue weighted by Gasteiger charge is 2.52. The summed E-state index contributed by atoms with van der Waals surface area (Å²) in [5.74, 6) is 0.0559. The van der Waals surface area contributed by atoms with Crippen molar-refractivity contribution in [3.63, 3.8) is 0 Å². The van der Waals surface area contributed by atoms with Crippen LogP contribution in [-0.2, 0) is 9.59 Å². The first-order valence-corrected chi connectivity index (χ1v) is 11.0. The average molecular weight is 427 g/mol. The quantitative estimate of drug-likeness (QED) is 0.612. The topological polar surface area (TPSA) is 87.6 Å². The molecule has 2 aliphatic rings. The van der Waals surface area contributed by atoms with Crippen LogP contribution in [0.15, 0.2) is 0 Å². The normalized spacial score (nSPS) is 26.3. The monoisotopic (exact) mass is 426 g/mol.